The Morgan fingerprint density at radius 2 is 1.00 bits per heavy atom. The van der Waals surface area contributed by atoms with E-state index in [1.165, 1.54) is 22.3 Å². The Hall–Kier alpha value is -1.72. The number of aliphatic hydroxyl groups excluding tert-OH is 2. The molecule has 4 heteroatoms. The molecule has 0 spiro atoms. The summed E-state index contributed by atoms with van der Waals surface area (Å²) in [5.41, 5.74) is 5.23. The molecule has 2 N–H and O–H groups in total. The SMILES string of the molecule is O[C@@H]1Cc2ccccc2C1N1CCCN([C@H]2c3ccccc3C[C@H]2O)CCC1. The highest BCUT2D eigenvalue weighted by Crippen LogP contribution is 2.38. The van der Waals surface area contributed by atoms with Crippen molar-refractivity contribution in [1.29, 1.82) is 0 Å². The summed E-state index contributed by atoms with van der Waals surface area (Å²) >= 11 is 0. The molecule has 28 heavy (non-hydrogen) atoms. The van der Waals surface area contributed by atoms with Gasteiger partial charge in [-0.3, -0.25) is 9.80 Å². The van der Waals surface area contributed by atoms with E-state index >= 15 is 0 Å². The Morgan fingerprint density at radius 1 is 0.607 bits per heavy atom. The predicted octanol–water partition coefficient (Wildman–Crippen LogP) is 2.70. The molecule has 2 aromatic carbocycles. The summed E-state index contributed by atoms with van der Waals surface area (Å²) in [4.78, 5) is 4.99. The molecule has 1 aliphatic heterocycles. The Kier molecular flexibility index (Phi) is 4.97. The zero-order valence-corrected chi connectivity index (χ0v) is 16.4. The zero-order chi connectivity index (χ0) is 19.1. The van der Waals surface area contributed by atoms with Gasteiger partial charge in [0.1, 0.15) is 0 Å². The monoisotopic (exact) mass is 378 g/mol. The highest BCUT2D eigenvalue weighted by Gasteiger charge is 2.38. The molecular weight excluding hydrogens is 348 g/mol. The third-order valence-corrected chi connectivity index (χ3v) is 6.90. The first-order valence-electron chi connectivity index (χ1n) is 10.7. The molecule has 0 radical (unpaired) electrons. The Balaban J connectivity index is 1.29. The zero-order valence-electron chi connectivity index (χ0n) is 16.4. The third-order valence-electron chi connectivity index (χ3n) is 6.90. The highest BCUT2D eigenvalue weighted by atomic mass is 16.3. The molecule has 1 unspecified atom stereocenters. The Bertz CT molecular complexity index is 761. The number of aliphatic hydroxyl groups is 2. The second kappa shape index (κ2) is 7.60. The smallest absolute Gasteiger partial charge is 0.0777 e. The minimum atomic E-state index is -0.295. The second-order valence-corrected chi connectivity index (χ2v) is 8.61. The van der Waals surface area contributed by atoms with Crippen molar-refractivity contribution >= 4 is 0 Å². The van der Waals surface area contributed by atoms with Crippen LogP contribution in [0.25, 0.3) is 0 Å². The molecular formula is C24H30N2O2. The molecule has 0 aromatic heterocycles. The van der Waals surface area contributed by atoms with Crippen molar-refractivity contribution in [3.8, 4) is 0 Å². The maximum absolute atomic E-state index is 10.7. The van der Waals surface area contributed by atoms with Crippen molar-refractivity contribution in [2.24, 2.45) is 0 Å². The molecule has 0 amide bonds. The molecule has 4 nitrogen and oxygen atoms in total. The van der Waals surface area contributed by atoms with Crippen LogP contribution in [0.15, 0.2) is 48.5 Å². The van der Waals surface area contributed by atoms with Gasteiger partial charge in [0.2, 0.25) is 0 Å². The van der Waals surface area contributed by atoms with Crippen LogP contribution in [0.1, 0.15) is 47.2 Å². The number of hydrogen-bond acceptors (Lipinski definition) is 4. The van der Waals surface area contributed by atoms with Crippen LogP contribution in [0.4, 0.5) is 0 Å². The number of hydrogen-bond donors (Lipinski definition) is 2. The maximum Gasteiger partial charge on any atom is 0.0777 e. The van der Waals surface area contributed by atoms with Gasteiger partial charge in [-0.15, -0.1) is 0 Å². The average molecular weight is 379 g/mol. The van der Waals surface area contributed by atoms with Crippen LogP contribution in [0.2, 0.25) is 0 Å². The van der Waals surface area contributed by atoms with E-state index in [1.807, 2.05) is 0 Å². The van der Waals surface area contributed by atoms with E-state index < -0.39 is 0 Å². The standard InChI is InChI=1S/C24H30N2O2/c27-21-15-17-7-1-3-9-19(17)23(21)25-11-5-13-26(14-6-12-25)24-20-10-4-2-8-18(20)16-22(24)28/h1-4,7-10,21-24,27-28H,5-6,11-16H2/t21-,22-,23+,24?/m1/s1. The molecule has 3 aliphatic rings. The first-order valence-corrected chi connectivity index (χ1v) is 10.7. The van der Waals surface area contributed by atoms with Crippen molar-refractivity contribution in [2.45, 2.75) is 50.0 Å². The van der Waals surface area contributed by atoms with E-state index in [4.69, 9.17) is 0 Å². The molecule has 0 bridgehead atoms. The Labute approximate surface area is 167 Å². The largest absolute Gasteiger partial charge is 0.391 e. The quantitative estimate of drug-likeness (QED) is 0.844. The predicted molar refractivity (Wildman–Crippen MR) is 110 cm³/mol. The molecule has 148 valence electrons. The molecule has 5 rings (SSSR count). The van der Waals surface area contributed by atoms with Crippen LogP contribution in [0, 0.1) is 0 Å². The van der Waals surface area contributed by atoms with Gasteiger partial charge < -0.3 is 10.2 Å². The summed E-state index contributed by atoms with van der Waals surface area (Å²) in [6.45, 7) is 3.99. The van der Waals surface area contributed by atoms with Gasteiger partial charge in [-0.25, -0.2) is 0 Å². The summed E-state index contributed by atoms with van der Waals surface area (Å²) in [7, 11) is 0. The first kappa shape index (κ1) is 18.3. The van der Waals surface area contributed by atoms with Crippen LogP contribution in [0.5, 0.6) is 0 Å². The molecule has 1 fully saturated rings. The van der Waals surface area contributed by atoms with E-state index in [0.29, 0.717) is 0 Å². The summed E-state index contributed by atoms with van der Waals surface area (Å²) in [6, 6.07) is 17.3. The van der Waals surface area contributed by atoms with Crippen molar-refractivity contribution in [1.82, 2.24) is 9.80 Å². The van der Waals surface area contributed by atoms with Crippen LogP contribution in [-0.4, -0.2) is 58.4 Å². The van der Waals surface area contributed by atoms with Gasteiger partial charge in [0.25, 0.3) is 0 Å². The number of benzene rings is 2. The summed E-state index contributed by atoms with van der Waals surface area (Å²) in [5.74, 6) is 0. The maximum atomic E-state index is 10.7. The summed E-state index contributed by atoms with van der Waals surface area (Å²) in [6.07, 6.45) is 3.09. The number of nitrogens with zero attached hydrogens (tertiary/aromatic N) is 2. The third kappa shape index (κ3) is 3.18. The fraction of sp³-hybridized carbons (Fsp3) is 0.500. The van der Waals surface area contributed by atoms with Crippen LogP contribution >= 0.6 is 0 Å². The van der Waals surface area contributed by atoms with E-state index in [2.05, 4.69) is 58.3 Å². The van der Waals surface area contributed by atoms with Crippen LogP contribution < -0.4 is 0 Å². The fourth-order valence-electron chi connectivity index (χ4n) is 5.72. The lowest BCUT2D eigenvalue weighted by molar-refractivity contribution is 0.0256. The molecule has 2 aliphatic carbocycles. The lowest BCUT2D eigenvalue weighted by Gasteiger charge is -2.38. The van der Waals surface area contributed by atoms with Gasteiger partial charge in [-0.05, 0) is 35.1 Å². The van der Waals surface area contributed by atoms with Gasteiger partial charge in [0.15, 0.2) is 0 Å². The van der Waals surface area contributed by atoms with Crippen molar-refractivity contribution in [3.05, 3.63) is 70.8 Å². The van der Waals surface area contributed by atoms with Crippen LogP contribution in [0.3, 0.4) is 0 Å². The fourth-order valence-corrected chi connectivity index (χ4v) is 5.72. The van der Waals surface area contributed by atoms with Crippen LogP contribution in [-0.2, 0) is 12.8 Å². The first-order chi connectivity index (χ1) is 13.7. The van der Waals surface area contributed by atoms with Gasteiger partial charge in [0.05, 0.1) is 24.3 Å². The lowest BCUT2D eigenvalue weighted by atomic mass is 10.0. The normalized spacial score (nSPS) is 31.2. The molecule has 2 aromatic rings. The molecule has 1 saturated heterocycles. The average Bonchev–Trinajstić information content (AvgIpc) is 3.18. The second-order valence-electron chi connectivity index (χ2n) is 8.61. The highest BCUT2D eigenvalue weighted by molar-refractivity contribution is 5.37. The van der Waals surface area contributed by atoms with E-state index in [9.17, 15) is 10.2 Å². The number of fused-ring (bicyclic) bond motifs is 2. The minimum absolute atomic E-state index is 0.139. The number of rotatable bonds is 2. The van der Waals surface area contributed by atoms with Crippen molar-refractivity contribution < 1.29 is 10.2 Å². The van der Waals surface area contributed by atoms with E-state index in [1.54, 1.807) is 0 Å². The van der Waals surface area contributed by atoms with Crippen molar-refractivity contribution in [2.75, 3.05) is 26.2 Å². The summed E-state index contributed by atoms with van der Waals surface area (Å²) in [5, 5.41) is 21.4. The lowest BCUT2D eigenvalue weighted by Crippen LogP contribution is -2.43. The Morgan fingerprint density at radius 3 is 1.43 bits per heavy atom. The van der Waals surface area contributed by atoms with Crippen molar-refractivity contribution in [3.63, 3.8) is 0 Å². The van der Waals surface area contributed by atoms with Gasteiger partial charge >= 0.3 is 0 Å². The molecule has 1 heterocycles. The van der Waals surface area contributed by atoms with Gasteiger partial charge in [-0.2, -0.15) is 0 Å². The van der Waals surface area contributed by atoms with E-state index in [-0.39, 0.29) is 24.3 Å². The van der Waals surface area contributed by atoms with Gasteiger partial charge in [0, 0.05) is 39.0 Å². The molecule has 0 saturated carbocycles. The topological polar surface area (TPSA) is 46.9 Å². The minimum Gasteiger partial charge on any atom is -0.391 e. The molecule has 4 atom stereocenters. The van der Waals surface area contributed by atoms with E-state index in [0.717, 1.165) is 51.9 Å². The van der Waals surface area contributed by atoms with Gasteiger partial charge in [-0.1, -0.05) is 48.5 Å². The summed E-state index contributed by atoms with van der Waals surface area (Å²) < 4.78 is 0.